The maximum absolute atomic E-state index is 12.6. The highest BCUT2D eigenvalue weighted by Gasteiger charge is 2.17. The van der Waals surface area contributed by atoms with Crippen LogP contribution in [-0.4, -0.2) is 5.78 Å². The number of carbonyl (C=O) groups is 1. The van der Waals surface area contributed by atoms with Crippen molar-refractivity contribution in [2.45, 2.75) is 20.8 Å². The van der Waals surface area contributed by atoms with Crippen molar-refractivity contribution in [2.75, 3.05) is 0 Å². The Balaban J connectivity index is 2.56. The second kappa shape index (κ2) is 5.63. The number of benzene rings is 2. The number of carbonyl (C=O) groups excluding carboxylic acids is 1. The van der Waals surface area contributed by atoms with E-state index in [4.69, 9.17) is 11.6 Å². The highest BCUT2D eigenvalue weighted by molar-refractivity contribution is 14.1. The van der Waals surface area contributed by atoms with Gasteiger partial charge in [-0.1, -0.05) is 23.7 Å². The van der Waals surface area contributed by atoms with E-state index < -0.39 is 0 Å². The first-order valence-electron chi connectivity index (χ1n) is 5.98. The highest BCUT2D eigenvalue weighted by atomic mass is 127. The minimum atomic E-state index is -0.0128. The predicted octanol–water partition coefficient (Wildman–Crippen LogP) is 5.10. The Labute approximate surface area is 132 Å². The SMILES string of the molecule is Cc1cc(Cl)c(C(=O)c2cccc(C)c2I)cc1C. The first-order chi connectivity index (χ1) is 8.91. The van der Waals surface area contributed by atoms with Gasteiger partial charge in [-0.25, -0.2) is 0 Å². The number of hydrogen-bond acceptors (Lipinski definition) is 1. The minimum Gasteiger partial charge on any atom is -0.289 e. The maximum Gasteiger partial charge on any atom is 0.195 e. The van der Waals surface area contributed by atoms with Crippen LogP contribution in [0.2, 0.25) is 5.02 Å². The molecule has 0 bridgehead atoms. The van der Waals surface area contributed by atoms with E-state index in [0.717, 1.165) is 20.3 Å². The van der Waals surface area contributed by atoms with Gasteiger partial charge in [-0.05, 0) is 78.3 Å². The van der Waals surface area contributed by atoms with E-state index in [2.05, 4.69) is 22.6 Å². The number of hydrogen-bond donors (Lipinski definition) is 0. The van der Waals surface area contributed by atoms with E-state index in [0.29, 0.717) is 16.1 Å². The van der Waals surface area contributed by atoms with Crippen molar-refractivity contribution in [1.82, 2.24) is 0 Å². The molecule has 0 fully saturated rings. The summed E-state index contributed by atoms with van der Waals surface area (Å²) in [7, 11) is 0. The van der Waals surface area contributed by atoms with Crippen molar-refractivity contribution in [3.63, 3.8) is 0 Å². The first-order valence-corrected chi connectivity index (χ1v) is 7.44. The molecule has 0 aliphatic carbocycles. The molecule has 0 N–H and O–H groups in total. The predicted molar refractivity (Wildman–Crippen MR) is 88.3 cm³/mol. The van der Waals surface area contributed by atoms with Gasteiger partial charge in [-0.3, -0.25) is 4.79 Å². The molecule has 0 aromatic heterocycles. The van der Waals surface area contributed by atoms with E-state index in [1.807, 2.05) is 51.1 Å². The van der Waals surface area contributed by atoms with Gasteiger partial charge in [-0.15, -0.1) is 0 Å². The molecule has 0 aliphatic heterocycles. The van der Waals surface area contributed by atoms with E-state index >= 15 is 0 Å². The molecule has 2 aromatic rings. The maximum atomic E-state index is 12.6. The topological polar surface area (TPSA) is 17.1 Å². The summed E-state index contributed by atoms with van der Waals surface area (Å²) in [6.07, 6.45) is 0. The van der Waals surface area contributed by atoms with Crippen molar-refractivity contribution < 1.29 is 4.79 Å². The number of halogens is 2. The van der Waals surface area contributed by atoms with Crippen LogP contribution in [-0.2, 0) is 0 Å². The highest BCUT2D eigenvalue weighted by Crippen LogP contribution is 2.26. The lowest BCUT2D eigenvalue weighted by atomic mass is 9.98. The average Bonchev–Trinajstić information content (AvgIpc) is 2.36. The van der Waals surface area contributed by atoms with Crippen molar-refractivity contribution in [2.24, 2.45) is 0 Å². The minimum absolute atomic E-state index is 0.0128. The molecule has 1 nitrogen and oxygen atoms in total. The van der Waals surface area contributed by atoms with Crippen LogP contribution in [0.15, 0.2) is 30.3 Å². The second-order valence-corrected chi connectivity index (χ2v) is 6.17. The Morgan fingerprint density at radius 2 is 1.63 bits per heavy atom. The summed E-state index contributed by atoms with van der Waals surface area (Å²) in [6, 6.07) is 9.48. The molecule has 98 valence electrons. The average molecular weight is 385 g/mol. The Kier molecular flexibility index (Phi) is 4.31. The Bertz CT molecular complexity index is 662. The van der Waals surface area contributed by atoms with Crippen LogP contribution in [0.4, 0.5) is 0 Å². The quantitative estimate of drug-likeness (QED) is 0.520. The van der Waals surface area contributed by atoms with E-state index in [1.165, 1.54) is 0 Å². The summed E-state index contributed by atoms with van der Waals surface area (Å²) in [4.78, 5) is 12.6. The summed E-state index contributed by atoms with van der Waals surface area (Å²) < 4.78 is 0.986. The van der Waals surface area contributed by atoms with Crippen molar-refractivity contribution in [3.8, 4) is 0 Å². The van der Waals surface area contributed by atoms with E-state index in [1.54, 1.807) is 0 Å². The first kappa shape index (κ1) is 14.5. The van der Waals surface area contributed by atoms with Gasteiger partial charge in [0.15, 0.2) is 5.78 Å². The van der Waals surface area contributed by atoms with Gasteiger partial charge in [0.2, 0.25) is 0 Å². The van der Waals surface area contributed by atoms with Crippen LogP contribution >= 0.6 is 34.2 Å². The van der Waals surface area contributed by atoms with Gasteiger partial charge in [0.1, 0.15) is 0 Å². The van der Waals surface area contributed by atoms with E-state index in [-0.39, 0.29) is 5.78 Å². The molecule has 0 unspecified atom stereocenters. The fraction of sp³-hybridized carbons (Fsp3) is 0.188. The molecule has 3 heteroatoms. The lowest BCUT2D eigenvalue weighted by molar-refractivity contribution is 0.103. The molecule has 0 radical (unpaired) electrons. The smallest absolute Gasteiger partial charge is 0.195 e. The van der Waals surface area contributed by atoms with Gasteiger partial charge in [0.05, 0.1) is 5.02 Å². The summed E-state index contributed by atoms with van der Waals surface area (Å²) in [5.41, 5.74) is 4.57. The molecular formula is C16H14ClIO. The molecule has 0 heterocycles. The third-order valence-corrected chi connectivity index (χ3v) is 5.01. The molecule has 2 aromatic carbocycles. The van der Waals surface area contributed by atoms with Crippen molar-refractivity contribution in [1.29, 1.82) is 0 Å². The van der Waals surface area contributed by atoms with Gasteiger partial charge in [0, 0.05) is 14.7 Å². The molecule has 0 aliphatic rings. The van der Waals surface area contributed by atoms with Crippen molar-refractivity contribution in [3.05, 3.63) is 66.7 Å². The van der Waals surface area contributed by atoms with Crippen molar-refractivity contribution >= 4 is 40.0 Å². The Morgan fingerprint density at radius 1 is 1.00 bits per heavy atom. The number of rotatable bonds is 2. The van der Waals surface area contributed by atoms with Crippen LogP contribution in [0.25, 0.3) is 0 Å². The summed E-state index contributed by atoms with van der Waals surface area (Å²) in [5, 5.41) is 0.519. The van der Waals surface area contributed by atoms with Crippen LogP contribution in [0.1, 0.15) is 32.6 Å². The van der Waals surface area contributed by atoms with Gasteiger partial charge < -0.3 is 0 Å². The summed E-state index contributed by atoms with van der Waals surface area (Å²) in [6.45, 7) is 5.98. The number of aryl methyl sites for hydroxylation is 3. The summed E-state index contributed by atoms with van der Waals surface area (Å²) in [5.74, 6) is -0.0128. The lowest BCUT2D eigenvalue weighted by Crippen LogP contribution is -2.06. The van der Waals surface area contributed by atoms with Crippen LogP contribution in [0.3, 0.4) is 0 Å². The third-order valence-electron chi connectivity index (χ3n) is 3.26. The zero-order chi connectivity index (χ0) is 14.2. The number of ketones is 1. The lowest BCUT2D eigenvalue weighted by Gasteiger charge is -2.10. The van der Waals surface area contributed by atoms with E-state index in [9.17, 15) is 4.79 Å². The van der Waals surface area contributed by atoms with Crippen LogP contribution < -0.4 is 0 Å². The van der Waals surface area contributed by atoms with Gasteiger partial charge in [-0.2, -0.15) is 0 Å². The molecule has 0 saturated heterocycles. The molecule has 2 rings (SSSR count). The molecule has 0 saturated carbocycles. The zero-order valence-corrected chi connectivity index (χ0v) is 14.0. The third kappa shape index (κ3) is 2.84. The normalized spacial score (nSPS) is 10.6. The molecular weight excluding hydrogens is 371 g/mol. The molecule has 0 spiro atoms. The summed E-state index contributed by atoms with van der Waals surface area (Å²) >= 11 is 8.43. The fourth-order valence-corrected chi connectivity index (χ4v) is 2.83. The largest absolute Gasteiger partial charge is 0.289 e. The monoisotopic (exact) mass is 384 g/mol. The molecule has 19 heavy (non-hydrogen) atoms. The van der Waals surface area contributed by atoms with Gasteiger partial charge >= 0.3 is 0 Å². The van der Waals surface area contributed by atoms with Gasteiger partial charge in [0.25, 0.3) is 0 Å². The van der Waals surface area contributed by atoms with Crippen LogP contribution in [0.5, 0.6) is 0 Å². The molecule has 0 atom stereocenters. The zero-order valence-electron chi connectivity index (χ0n) is 11.1. The van der Waals surface area contributed by atoms with Crippen LogP contribution in [0, 0.1) is 24.3 Å². The molecule has 0 amide bonds. The Morgan fingerprint density at radius 3 is 2.32 bits per heavy atom. The fourth-order valence-electron chi connectivity index (χ4n) is 1.92. The Hall–Kier alpha value is -0.870. The second-order valence-electron chi connectivity index (χ2n) is 4.68. The standard InChI is InChI=1S/C16H14ClIO/c1-9-5-4-6-12(15(9)18)16(19)13-7-10(2)11(3)8-14(13)17/h4-8H,1-3H3.